The van der Waals surface area contributed by atoms with E-state index in [4.69, 9.17) is 27.4 Å². The van der Waals surface area contributed by atoms with E-state index in [9.17, 15) is 14.4 Å². The fourth-order valence-corrected chi connectivity index (χ4v) is 9.08. The van der Waals surface area contributed by atoms with Crippen molar-refractivity contribution >= 4 is 63.9 Å². The van der Waals surface area contributed by atoms with Crippen molar-refractivity contribution in [2.75, 3.05) is 86.9 Å². The van der Waals surface area contributed by atoms with Crippen molar-refractivity contribution in [3.63, 3.8) is 0 Å². The molecule has 2 fully saturated rings. The normalized spacial score (nSPS) is 16.8. The van der Waals surface area contributed by atoms with E-state index in [-0.39, 0.29) is 11.6 Å². The van der Waals surface area contributed by atoms with E-state index in [0.29, 0.717) is 40.9 Å². The molecule has 16 heteroatoms. The lowest BCUT2D eigenvalue weighted by Crippen LogP contribution is -2.48. The average Bonchev–Trinajstić information content (AvgIpc) is 3.92. The Balaban J connectivity index is 0.816. The molecule has 314 valence electrons. The van der Waals surface area contributed by atoms with Crippen molar-refractivity contribution in [1.82, 2.24) is 34.7 Å². The standard InChI is InChI=1S/C44H53ClN12O3/c1-47-38-24-41(52-57-40(42(46)59)26-50-43(38)57)56-17-14-33-32(5-3-7-39(33)56)35-10-8-30(25-49-35)28-53-15-12-29(13-16-53)27-54-18-20-55(21-19-54)31-9-11-36(34(45)23-31)51-37(6-4-22-58)44(60)48-2/h3,5,7-11,22-26,29,37,47,51H,4,6,12-21,27-28H2,1-2H3,(H2,46,59)(H,48,60). The number of benzene rings is 2. The smallest absolute Gasteiger partial charge is 0.269 e. The van der Waals surface area contributed by atoms with Gasteiger partial charge in [-0.05, 0) is 86.1 Å². The first-order chi connectivity index (χ1) is 29.2. The van der Waals surface area contributed by atoms with E-state index >= 15 is 0 Å². The molecular weight excluding hydrogens is 780 g/mol. The van der Waals surface area contributed by atoms with Crippen molar-refractivity contribution < 1.29 is 14.4 Å². The van der Waals surface area contributed by atoms with Crippen molar-refractivity contribution in [3.05, 3.63) is 88.8 Å². The third-order valence-electron chi connectivity index (χ3n) is 12.2. The highest BCUT2D eigenvalue weighted by molar-refractivity contribution is 6.33. The van der Waals surface area contributed by atoms with Gasteiger partial charge >= 0.3 is 0 Å². The summed E-state index contributed by atoms with van der Waals surface area (Å²) >= 11 is 6.67. The number of hydrogen-bond donors (Lipinski definition) is 4. The lowest BCUT2D eigenvalue weighted by Gasteiger charge is -2.39. The maximum Gasteiger partial charge on any atom is 0.269 e. The van der Waals surface area contributed by atoms with Crippen LogP contribution in [0.4, 0.5) is 28.6 Å². The predicted octanol–water partition coefficient (Wildman–Crippen LogP) is 4.82. The fourth-order valence-electron chi connectivity index (χ4n) is 8.85. The number of piperidine rings is 1. The molecule has 2 saturated heterocycles. The number of fused-ring (bicyclic) bond motifs is 2. The zero-order valence-corrected chi connectivity index (χ0v) is 35.0. The van der Waals surface area contributed by atoms with Crippen LogP contribution in [0, 0.1) is 5.92 Å². The van der Waals surface area contributed by atoms with Crippen molar-refractivity contribution in [1.29, 1.82) is 0 Å². The van der Waals surface area contributed by atoms with Crippen molar-refractivity contribution in [2.45, 2.75) is 44.7 Å². The van der Waals surface area contributed by atoms with Crippen LogP contribution in [-0.2, 0) is 22.6 Å². The monoisotopic (exact) mass is 832 g/mol. The van der Waals surface area contributed by atoms with Crippen LogP contribution >= 0.6 is 11.6 Å². The van der Waals surface area contributed by atoms with Crippen LogP contribution < -0.4 is 31.5 Å². The number of imidazole rings is 1. The summed E-state index contributed by atoms with van der Waals surface area (Å²) < 4.78 is 1.52. The molecule has 5 N–H and O–H groups in total. The van der Waals surface area contributed by atoms with Gasteiger partial charge in [0.05, 0.1) is 28.3 Å². The summed E-state index contributed by atoms with van der Waals surface area (Å²) in [5, 5.41) is 14.4. The number of primary amides is 1. The number of rotatable bonds is 15. The number of piperazine rings is 1. The maximum absolute atomic E-state index is 12.3. The van der Waals surface area contributed by atoms with E-state index in [2.05, 4.69) is 76.9 Å². The number of hydrogen-bond acceptors (Lipinski definition) is 12. The highest BCUT2D eigenvalue weighted by atomic mass is 35.5. The molecule has 6 heterocycles. The summed E-state index contributed by atoms with van der Waals surface area (Å²) in [6.45, 7) is 8.82. The lowest BCUT2D eigenvalue weighted by molar-refractivity contribution is -0.121. The first kappa shape index (κ1) is 41.0. The number of nitrogens with zero attached hydrogens (tertiary/aromatic N) is 8. The zero-order chi connectivity index (χ0) is 41.8. The average molecular weight is 833 g/mol. The third kappa shape index (κ3) is 8.74. The van der Waals surface area contributed by atoms with Crippen LogP contribution in [0.3, 0.4) is 0 Å². The van der Waals surface area contributed by atoms with E-state index < -0.39 is 11.9 Å². The molecule has 3 aliphatic rings. The number of nitrogens with one attached hydrogen (secondary N) is 3. The minimum atomic E-state index is -0.578. The van der Waals surface area contributed by atoms with Crippen molar-refractivity contribution in [2.24, 2.45) is 11.7 Å². The number of likely N-dealkylation sites (tertiary alicyclic amines) is 1. The van der Waals surface area contributed by atoms with Crippen LogP contribution in [-0.4, -0.2) is 120 Å². The number of nitrogens with two attached hydrogens (primary N) is 1. The molecule has 0 saturated carbocycles. The Labute approximate surface area is 355 Å². The van der Waals surface area contributed by atoms with Crippen LogP contribution in [0.15, 0.2) is 67.0 Å². The fraction of sp³-hybridized carbons (Fsp3) is 0.409. The molecule has 0 spiro atoms. The Hall–Kier alpha value is -5.77. The predicted molar refractivity (Wildman–Crippen MR) is 236 cm³/mol. The van der Waals surface area contributed by atoms with E-state index in [0.717, 1.165) is 99.9 Å². The number of carbonyl (C=O) groups is 3. The van der Waals surface area contributed by atoms with Gasteiger partial charge in [0.15, 0.2) is 11.5 Å². The molecule has 2 aromatic carbocycles. The number of likely N-dealkylation sites (N-methyl/N-ethyl adjacent to an activating group) is 1. The first-order valence-corrected chi connectivity index (χ1v) is 21.2. The zero-order valence-electron chi connectivity index (χ0n) is 34.2. The van der Waals surface area contributed by atoms with Gasteiger partial charge in [-0.2, -0.15) is 0 Å². The second-order valence-corrected chi connectivity index (χ2v) is 16.3. The highest BCUT2D eigenvalue weighted by Crippen LogP contribution is 2.40. The molecule has 15 nitrogen and oxygen atoms in total. The Kier molecular flexibility index (Phi) is 12.5. The van der Waals surface area contributed by atoms with Gasteiger partial charge < -0.3 is 36.3 Å². The highest BCUT2D eigenvalue weighted by Gasteiger charge is 2.28. The summed E-state index contributed by atoms with van der Waals surface area (Å²) in [6, 6.07) is 18.1. The summed E-state index contributed by atoms with van der Waals surface area (Å²) in [5.74, 6) is 0.647. The van der Waals surface area contributed by atoms with Crippen LogP contribution in [0.5, 0.6) is 0 Å². The minimum Gasteiger partial charge on any atom is -0.385 e. The molecule has 1 atom stereocenters. The summed E-state index contributed by atoms with van der Waals surface area (Å²) in [5.41, 5.74) is 14.5. The molecule has 0 bridgehead atoms. The number of amides is 2. The van der Waals surface area contributed by atoms with Crippen LogP contribution in [0.1, 0.15) is 47.3 Å². The number of halogens is 1. The van der Waals surface area contributed by atoms with Crippen molar-refractivity contribution in [3.8, 4) is 11.3 Å². The van der Waals surface area contributed by atoms with E-state index in [1.807, 2.05) is 31.4 Å². The van der Waals surface area contributed by atoms with Crippen LogP contribution in [0.2, 0.25) is 5.02 Å². The minimum absolute atomic E-state index is 0.170. The van der Waals surface area contributed by atoms with Gasteiger partial charge in [-0.15, -0.1) is 5.10 Å². The third-order valence-corrected chi connectivity index (χ3v) is 12.5. The molecule has 8 rings (SSSR count). The lowest BCUT2D eigenvalue weighted by atomic mass is 9.95. The maximum atomic E-state index is 12.3. The number of anilines is 5. The van der Waals surface area contributed by atoms with Crippen LogP contribution in [0.25, 0.3) is 16.9 Å². The SMILES string of the molecule is CNC(=O)C(CCC=O)Nc1ccc(N2CCN(CC3CCN(Cc4ccc(-c5cccc6c5CCN6c5cc(NC)c6ncc(C(N)=O)n6n5)nc4)CC3)CC2)cc1Cl. The number of pyridine rings is 1. The molecule has 2 amide bonds. The summed E-state index contributed by atoms with van der Waals surface area (Å²) in [6.07, 6.45) is 8.23. The van der Waals surface area contributed by atoms with Gasteiger partial charge in [0, 0.05) is 95.5 Å². The topological polar surface area (TPSA) is 169 Å². The Bertz CT molecular complexity index is 2340. The van der Waals surface area contributed by atoms with E-state index in [1.54, 1.807) is 7.05 Å². The van der Waals surface area contributed by atoms with Gasteiger partial charge in [-0.3, -0.25) is 24.4 Å². The molecule has 3 aliphatic heterocycles. The molecule has 60 heavy (non-hydrogen) atoms. The Morgan fingerprint density at radius 2 is 1.75 bits per heavy atom. The molecule has 0 aliphatic carbocycles. The number of aldehydes is 1. The Morgan fingerprint density at radius 3 is 2.45 bits per heavy atom. The second-order valence-electron chi connectivity index (χ2n) is 15.9. The first-order valence-electron chi connectivity index (χ1n) is 20.8. The van der Waals surface area contributed by atoms with Gasteiger partial charge in [-0.1, -0.05) is 29.8 Å². The van der Waals surface area contributed by atoms with Gasteiger partial charge in [0.2, 0.25) is 5.91 Å². The van der Waals surface area contributed by atoms with E-state index in [1.165, 1.54) is 34.7 Å². The summed E-state index contributed by atoms with van der Waals surface area (Å²) in [7, 11) is 3.41. The molecule has 5 aromatic rings. The van der Waals surface area contributed by atoms with Gasteiger partial charge in [-0.25, -0.2) is 9.50 Å². The summed E-state index contributed by atoms with van der Waals surface area (Å²) in [4.78, 5) is 54.3. The quantitative estimate of drug-likeness (QED) is 0.106. The number of carbonyl (C=O) groups excluding carboxylic acids is 3. The molecule has 1 unspecified atom stereocenters. The second kappa shape index (κ2) is 18.2. The van der Waals surface area contributed by atoms with Gasteiger partial charge in [0.1, 0.15) is 18.0 Å². The molecule has 0 radical (unpaired) electrons. The van der Waals surface area contributed by atoms with Gasteiger partial charge in [0.25, 0.3) is 5.91 Å². The Morgan fingerprint density at radius 1 is 0.933 bits per heavy atom. The largest absolute Gasteiger partial charge is 0.385 e. The molecule has 3 aromatic heterocycles. The number of aromatic nitrogens is 4. The molecular formula is C44H53ClN12O3.